The first kappa shape index (κ1) is 14.1. The molecule has 0 aromatic heterocycles. The summed E-state index contributed by atoms with van der Waals surface area (Å²) >= 11 is 0. The van der Waals surface area contributed by atoms with E-state index in [-0.39, 0.29) is 0 Å². The minimum atomic E-state index is 0.598. The zero-order chi connectivity index (χ0) is 13.7. The van der Waals surface area contributed by atoms with Gasteiger partial charge in [0.2, 0.25) is 0 Å². The van der Waals surface area contributed by atoms with Crippen molar-refractivity contribution in [1.82, 2.24) is 4.90 Å². The van der Waals surface area contributed by atoms with Gasteiger partial charge in [-0.3, -0.25) is 4.90 Å². The Bertz CT molecular complexity index is 427. The Morgan fingerprint density at radius 3 is 2.16 bits per heavy atom. The molecule has 0 spiro atoms. The smallest absolute Gasteiger partial charge is 0.0991 e. The van der Waals surface area contributed by atoms with Crippen LogP contribution < -0.4 is 0 Å². The van der Waals surface area contributed by atoms with E-state index in [0.717, 1.165) is 12.1 Å². The SMILES string of the molecule is CCC1(CC)CCN(Cc2ccc(C#N)cc2)CC1. The van der Waals surface area contributed by atoms with E-state index in [4.69, 9.17) is 5.26 Å². The van der Waals surface area contributed by atoms with Crippen LogP contribution in [0.25, 0.3) is 0 Å². The number of piperidine rings is 1. The van der Waals surface area contributed by atoms with Gasteiger partial charge in [-0.15, -0.1) is 0 Å². The molecule has 0 radical (unpaired) electrons. The van der Waals surface area contributed by atoms with E-state index in [2.05, 4.69) is 36.9 Å². The highest BCUT2D eigenvalue weighted by Crippen LogP contribution is 2.38. The Labute approximate surface area is 117 Å². The minimum absolute atomic E-state index is 0.598. The van der Waals surface area contributed by atoms with Gasteiger partial charge in [0, 0.05) is 6.54 Å². The number of hydrogen-bond donors (Lipinski definition) is 0. The number of rotatable bonds is 4. The van der Waals surface area contributed by atoms with Crippen molar-refractivity contribution in [2.45, 2.75) is 46.1 Å². The normalized spacial score (nSPS) is 19.0. The van der Waals surface area contributed by atoms with Gasteiger partial charge in [-0.25, -0.2) is 0 Å². The van der Waals surface area contributed by atoms with Gasteiger partial charge in [0.1, 0.15) is 0 Å². The van der Waals surface area contributed by atoms with Crippen molar-refractivity contribution in [3.63, 3.8) is 0 Å². The fourth-order valence-corrected chi connectivity index (χ4v) is 3.09. The zero-order valence-electron chi connectivity index (χ0n) is 12.2. The van der Waals surface area contributed by atoms with Crippen LogP contribution in [0.5, 0.6) is 0 Å². The van der Waals surface area contributed by atoms with E-state index >= 15 is 0 Å². The Morgan fingerprint density at radius 2 is 1.68 bits per heavy atom. The van der Waals surface area contributed by atoms with E-state index in [1.807, 2.05) is 12.1 Å². The van der Waals surface area contributed by atoms with Gasteiger partial charge in [-0.1, -0.05) is 38.8 Å². The lowest BCUT2D eigenvalue weighted by Crippen LogP contribution is -2.39. The Hall–Kier alpha value is -1.33. The summed E-state index contributed by atoms with van der Waals surface area (Å²) in [5, 5.41) is 8.80. The summed E-state index contributed by atoms with van der Waals surface area (Å²) in [5.41, 5.74) is 2.67. The van der Waals surface area contributed by atoms with Crippen molar-refractivity contribution in [3.05, 3.63) is 35.4 Å². The molecule has 0 N–H and O–H groups in total. The third-order valence-corrected chi connectivity index (χ3v) is 4.91. The molecule has 0 unspecified atom stereocenters. The van der Waals surface area contributed by atoms with Crippen LogP contribution in [0.4, 0.5) is 0 Å². The fraction of sp³-hybridized carbons (Fsp3) is 0.588. The first-order valence-electron chi connectivity index (χ1n) is 7.43. The number of benzene rings is 1. The Morgan fingerprint density at radius 1 is 1.11 bits per heavy atom. The third-order valence-electron chi connectivity index (χ3n) is 4.91. The van der Waals surface area contributed by atoms with E-state index in [0.29, 0.717) is 5.41 Å². The molecular weight excluding hydrogens is 232 g/mol. The molecule has 1 heterocycles. The summed E-state index contributed by atoms with van der Waals surface area (Å²) in [7, 11) is 0. The highest BCUT2D eigenvalue weighted by Gasteiger charge is 2.30. The van der Waals surface area contributed by atoms with Crippen LogP contribution in [0, 0.1) is 16.7 Å². The van der Waals surface area contributed by atoms with E-state index in [1.165, 1.54) is 44.3 Å². The average molecular weight is 256 g/mol. The monoisotopic (exact) mass is 256 g/mol. The molecule has 1 fully saturated rings. The second-order valence-electron chi connectivity index (χ2n) is 5.79. The molecule has 0 saturated carbocycles. The first-order chi connectivity index (χ1) is 9.21. The summed E-state index contributed by atoms with van der Waals surface area (Å²) in [4.78, 5) is 2.55. The molecule has 1 saturated heterocycles. The van der Waals surface area contributed by atoms with Gasteiger partial charge in [-0.2, -0.15) is 5.26 Å². The van der Waals surface area contributed by atoms with Crippen LogP contribution in [0.15, 0.2) is 24.3 Å². The standard InChI is InChI=1S/C17H24N2/c1-3-17(4-2)9-11-19(12-10-17)14-16-7-5-15(13-18)6-8-16/h5-8H,3-4,9-12,14H2,1-2H3. The van der Waals surface area contributed by atoms with Crippen molar-refractivity contribution in [2.24, 2.45) is 5.41 Å². The lowest BCUT2D eigenvalue weighted by molar-refractivity contribution is 0.0909. The molecule has 102 valence electrons. The van der Waals surface area contributed by atoms with Crippen molar-refractivity contribution < 1.29 is 0 Å². The largest absolute Gasteiger partial charge is 0.299 e. The molecular formula is C17H24N2. The average Bonchev–Trinajstić information content (AvgIpc) is 2.49. The van der Waals surface area contributed by atoms with Gasteiger partial charge in [0.15, 0.2) is 0 Å². The molecule has 2 nitrogen and oxygen atoms in total. The van der Waals surface area contributed by atoms with Crippen LogP contribution in [-0.4, -0.2) is 18.0 Å². The van der Waals surface area contributed by atoms with Gasteiger partial charge < -0.3 is 0 Å². The topological polar surface area (TPSA) is 27.0 Å². The highest BCUT2D eigenvalue weighted by molar-refractivity contribution is 5.31. The molecule has 19 heavy (non-hydrogen) atoms. The second kappa shape index (κ2) is 6.21. The predicted octanol–water partition coefficient (Wildman–Crippen LogP) is 3.96. The molecule has 0 aliphatic carbocycles. The maximum absolute atomic E-state index is 8.80. The zero-order valence-corrected chi connectivity index (χ0v) is 12.2. The molecule has 1 aromatic rings. The summed E-state index contributed by atoms with van der Waals surface area (Å²) in [6.07, 6.45) is 5.29. The molecule has 1 aliphatic rings. The highest BCUT2D eigenvalue weighted by atomic mass is 15.1. The van der Waals surface area contributed by atoms with Crippen molar-refractivity contribution in [1.29, 1.82) is 5.26 Å². The van der Waals surface area contributed by atoms with Crippen molar-refractivity contribution in [3.8, 4) is 6.07 Å². The maximum atomic E-state index is 8.80. The minimum Gasteiger partial charge on any atom is -0.299 e. The predicted molar refractivity (Wildman–Crippen MR) is 78.7 cm³/mol. The molecule has 2 rings (SSSR count). The van der Waals surface area contributed by atoms with Crippen molar-refractivity contribution in [2.75, 3.05) is 13.1 Å². The summed E-state index contributed by atoms with van der Waals surface area (Å²) in [6, 6.07) is 10.2. The number of hydrogen-bond acceptors (Lipinski definition) is 2. The van der Waals surface area contributed by atoms with E-state index in [1.54, 1.807) is 0 Å². The lowest BCUT2D eigenvalue weighted by atomic mass is 9.74. The van der Waals surface area contributed by atoms with Crippen LogP contribution >= 0.6 is 0 Å². The maximum Gasteiger partial charge on any atom is 0.0991 e. The van der Waals surface area contributed by atoms with Crippen molar-refractivity contribution >= 4 is 0 Å². The molecule has 2 heteroatoms. The molecule has 0 bridgehead atoms. The number of likely N-dealkylation sites (tertiary alicyclic amines) is 1. The second-order valence-corrected chi connectivity index (χ2v) is 5.79. The van der Waals surface area contributed by atoms with E-state index < -0.39 is 0 Å². The van der Waals surface area contributed by atoms with Crippen LogP contribution in [-0.2, 0) is 6.54 Å². The van der Waals surface area contributed by atoms with Crippen LogP contribution in [0.3, 0.4) is 0 Å². The van der Waals surface area contributed by atoms with Gasteiger partial charge in [0.25, 0.3) is 0 Å². The molecule has 0 atom stereocenters. The van der Waals surface area contributed by atoms with Crippen LogP contribution in [0.2, 0.25) is 0 Å². The van der Waals surface area contributed by atoms with Gasteiger partial charge in [0.05, 0.1) is 11.6 Å². The summed E-state index contributed by atoms with van der Waals surface area (Å²) < 4.78 is 0. The van der Waals surface area contributed by atoms with Gasteiger partial charge >= 0.3 is 0 Å². The molecule has 1 aromatic carbocycles. The van der Waals surface area contributed by atoms with Crippen LogP contribution in [0.1, 0.15) is 50.7 Å². The lowest BCUT2D eigenvalue weighted by Gasteiger charge is -2.41. The number of nitriles is 1. The summed E-state index contributed by atoms with van der Waals surface area (Å²) in [5.74, 6) is 0. The Balaban J connectivity index is 1.90. The number of nitrogens with zero attached hydrogens (tertiary/aromatic N) is 2. The molecule has 0 amide bonds. The molecule has 1 aliphatic heterocycles. The van der Waals surface area contributed by atoms with E-state index in [9.17, 15) is 0 Å². The fourth-order valence-electron chi connectivity index (χ4n) is 3.09. The van der Waals surface area contributed by atoms with Gasteiger partial charge in [-0.05, 0) is 49.0 Å². The first-order valence-corrected chi connectivity index (χ1v) is 7.43. The third kappa shape index (κ3) is 3.36. The summed E-state index contributed by atoms with van der Waals surface area (Å²) in [6.45, 7) is 8.11. The Kier molecular flexibility index (Phi) is 4.61. The quantitative estimate of drug-likeness (QED) is 0.815.